The summed E-state index contributed by atoms with van der Waals surface area (Å²) in [7, 11) is 2.15. The molecule has 0 bridgehead atoms. The monoisotopic (exact) mass is 192 g/mol. The van der Waals surface area contributed by atoms with Gasteiger partial charge in [0.15, 0.2) is 0 Å². The van der Waals surface area contributed by atoms with E-state index in [1.54, 1.807) is 0 Å². The van der Waals surface area contributed by atoms with E-state index in [0.29, 0.717) is 6.04 Å². The fraction of sp³-hybridized carbons (Fsp3) is 0.500. The van der Waals surface area contributed by atoms with Crippen molar-refractivity contribution in [2.45, 2.75) is 19.9 Å². The van der Waals surface area contributed by atoms with E-state index in [-0.39, 0.29) is 0 Å². The molecule has 0 unspecified atom stereocenters. The minimum Gasteiger partial charge on any atom is -0.384 e. The summed E-state index contributed by atoms with van der Waals surface area (Å²) < 4.78 is 0. The number of rotatable bonds is 5. The average molecular weight is 192 g/mol. The molecule has 0 radical (unpaired) electrons. The van der Waals surface area contributed by atoms with E-state index in [1.165, 1.54) is 5.69 Å². The van der Waals surface area contributed by atoms with Crippen LogP contribution in [0.25, 0.3) is 0 Å². The van der Waals surface area contributed by atoms with Gasteiger partial charge in [0.1, 0.15) is 0 Å². The van der Waals surface area contributed by atoms with Gasteiger partial charge in [-0.3, -0.25) is 0 Å². The molecule has 0 fully saturated rings. The Balaban J connectivity index is 2.22. The highest BCUT2D eigenvalue weighted by atomic mass is 15.1. The molecule has 0 heterocycles. The summed E-state index contributed by atoms with van der Waals surface area (Å²) >= 11 is 0. The predicted octanol–water partition coefficient (Wildman–Crippen LogP) is 2.44. The molecule has 1 aromatic rings. The van der Waals surface area contributed by atoms with Crippen molar-refractivity contribution in [1.29, 1.82) is 0 Å². The van der Waals surface area contributed by atoms with Crippen LogP contribution in [0.4, 0.5) is 5.69 Å². The van der Waals surface area contributed by atoms with Crippen molar-refractivity contribution in [3.63, 3.8) is 0 Å². The number of benzene rings is 1. The molecule has 0 spiro atoms. The second-order valence-electron chi connectivity index (χ2n) is 3.87. The molecule has 0 saturated carbocycles. The third-order valence-corrected chi connectivity index (χ3v) is 2.45. The van der Waals surface area contributed by atoms with Gasteiger partial charge in [-0.25, -0.2) is 0 Å². The minimum absolute atomic E-state index is 0.618. The van der Waals surface area contributed by atoms with Crippen molar-refractivity contribution < 1.29 is 0 Å². The molecular weight excluding hydrogens is 172 g/mol. The van der Waals surface area contributed by atoms with Crippen molar-refractivity contribution in [3.8, 4) is 0 Å². The summed E-state index contributed by atoms with van der Waals surface area (Å²) in [6.45, 7) is 6.50. The van der Waals surface area contributed by atoms with Crippen molar-refractivity contribution >= 4 is 5.69 Å². The van der Waals surface area contributed by atoms with E-state index in [0.717, 1.165) is 13.1 Å². The molecule has 0 aliphatic carbocycles. The summed E-state index contributed by atoms with van der Waals surface area (Å²) in [4.78, 5) is 2.33. The second-order valence-corrected chi connectivity index (χ2v) is 3.87. The molecule has 1 rings (SSSR count). The highest BCUT2D eigenvalue weighted by Crippen LogP contribution is 2.04. The summed E-state index contributed by atoms with van der Waals surface area (Å²) in [6.07, 6.45) is 0. The molecule has 0 aliphatic rings. The summed E-state index contributed by atoms with van der Waals surface area (Å²) in [5, 5.41) is 3.39. The maximum absolute atomic E-state index is 3.39. The maximum Gasteiger partial charge on any atom is 0.0340 e. The first-order valence-electron chi connectivity index (χ1n) is 5.19. The quantitative estimate of drug-likeness (QED) is 0.771. The number of hydrogen-bond donors (Lipinski definition) is 1. The molecule has 2 heteroatoms. The minimum atomic E-state index is 0.618. The Morgan fingerprint density at radius 1 is 1.21 bits per heavy atom. The standard InChI is InChI=1S/C12H20N2/c1-11(2)14(3)10-9-13-12-7-5-4-6-8-12/h4-8,11,13H,9-10H2,1-3H3. The van der Waals surface area contributed by atoms with Crippen LogP contribution in [0.3, 0.4) is 0 Å². The molecule has 14 heavy (non-hydrogen) atoms. The van der Waals surface area contributed by atoms with Crippen LogP contribution in [0.2, 0.25) is 0 Å². The van der Waals surface area contributed by atoms with Crippen LogP contribution in [0.15, 0.2) is 30.3 Å². The normalized spacial score (nSPS) is 10.9. The number of hydrogen-bond acceptors (Lipinski definition) is 2. The predicted molar refractivity (Wildman–Crippen MR) is 62.7 cm³/mol. The van der Waals surface area contributed by atoms with Gasteiger partial charge in [0.25, 0.3) is 0 Å². The summed E-state index contributed by atoms with van der Waals surface area (Å²) in [5.41, 5.74) is 1.20. The van der Waals surface area contributed by atoms with E-state index >= 15 is 0 Å². The maximum atomic E-state index is 3.39. The Hall–Kier alpha value is -1.02. The highest BCUT2D eigenvalue weighted by Gasteiger charge is 2.01. The number of nitrogens with one attached hydrogen (secondary N) is 1. The van der Waals surface area contributed by atoms with Gasteiger partial charge in [0.05, 0.1) is 0 Å². The fourth-order valence-electron chi connectivity index (χ4n) is 1.19. The topological polar surface area (TPSA) is 15.3 Å². The average Bonchev–Trinajstić information content (AvgIpc) is 2.19. The molecule has 0 aromatic heterocycles. The van der Waals surface area contributed by atoms with E-state index in [2.05, 4.69) is 55.4 Å². The zero-order valence-corrected chi connectivity index (χ0v) is 9.33. The van der Waals surface area contributed by atoms with Crippen molar-refractivity contribution in [3.05, 3.63) is 30.3 Å². The first kappa shape index (κ1) is 11.1. The van der Waals surface area contributed by atoms with Gasteiger partial charge in [0, 0.05) is 24.8 Å². The lowest BCUT2D eigenvalue weighted by Crippen LogP contribution is -2.31. The van der Waals surface area contributed by atoms with Crippen LogP contribution >= 0.6 is 0 Å². The molecule has 2 nitrogen and oxygen atoms in total. The van der Waals surface area contributed by atoms with Crippen LogP contribution in [0.5, 0.6) is 0 Å². The first-order chi connectivity index (χ1) is 6.70. The Morgan fingerprint density at radius 3 is 2.43 bits per heavy atom. The van der Waals surface area contributed by atoms with Gasteiger partial charge < -0.3 is 10.2 Å². The Kier molecular flexibility index (Phi) is 4.47. The van der Waals surface area contributed by atoms with Crippen LogP contribution < -0.4 is 5.32 Å². The summed E-state index contributed by atoms with van der Waals surface area (Å²) in [6, 6.07) is 10.9. The second kappa shape index (κ2) is 5.66. The number of likely N-dealkylation sites (N-methyl/N-ethyl adjacent to an activating group) is 1. The Morgan fingerprint density at radius 2 is 1.86 bits per heavy atom. The lowest BCUT2D eigenvalue weighted by atomic mass is 10.3. The van der Waals surface area contributed by atoms with Crippen molar-refractivity contribution in [1.82, 2.24) is 4.90 Å². The highest BCUT2D eigenvalue weighted by molar-refractivity contribution is 5.42. The molecule has 0 saturated heterocycles. The molecule has 78 valence electrons. The number of anilines is 1. The molecule has 1 N–H and O–H groups in total. The van der Waals surface area contributed by atoms with Crippen molar-refractivity contribution in [2.75, 3.05) is 25.5 Å². The first-order valence-corrected chi connectivity index (χ1v) is 5.19. The van der Waals surface area contributed by atoms with Gasteiger partial charge in [-0.2, -0.15) is 0 Å². The smallest absolute Gasteiger partial charge is 0.0340 e. The largest absolute Gasteiger partial charge is 0.384 e. The number of nitrogens with zero attached hydrogens (tertiary/aromatic N) is 1. The Bertz CT molecular complexity index is 244. The van der Waals surface area contributed by atoms with Crippen LogP contribution in [-0.2, 0) is 0 Å². The molecule has 0 atom stereocenters. The lowest BCUT2D eigenvalue weighted by Gasteiger charge is -2.21. The van der Waals surface area contributed by atoms with Crippen molar-refractivity contribution in [2.24, 2.45) is 0 Å². The van der Waals surface area contributed by atoms with Crippen LogP contribution in [-0.4, -0.2) is 31.1 Å². The molecule has 1 aromatic carbocycles. The molecule has 0 aliphatic heterocycles. The molecular formula is C12H20N2. The van der Waals surface area contributed by atoms with Crippen LogP contribution in [0.1, 0.15) is 13.8 Å². The third kappa shape index (κ3) is 3.79. The molecule has 0 amide bonds. The Labute approximate surface area is 86.9 Å². The SMILES string of the molecule is CC(C)N(C)CCNc1ccccc1. The number of para-hydroxylation sites is 1. The van der Waals surface area contributed by atoms with Gasteiger partial charge in [0.2, 0.25) is 0 Å². The van der Waals surface area contributed by atoms with Gasteiger partial charge in [-0.15, -0.1) is 0 Å². The summed E-state index contributed by atoms with van der Waals surface area (Å²) in [5.74, 6) is 0. The van der Waals surface area contributed by atoms with E-state index in [9.17, 15) is 0 Å². The zero-order chi connectivity index (χ0) is 10.4. The van der Waals surface area contributed by atoms with E-state index in [4.69, 9.17) is 0 Å². The zero-order valence-electron chi connectivity index (χ0n) is 9.33. The van der Waals surface area contributed by atoms with Crippen LogP contribution in [0, 0.1) is 0 Å². The van der Waals surface area contributed by atoms with Gasteiger partial charge in [-0.1, -0.05) is 18.2 Å². The van der Waals surface area contributed by atoms with Gasteiger partial charge >= 0.3 is 0 Å². The van der Waals surface area contributed by atoms with E-state index < -0.39 is 0 Å². The van der Waals surface area contributed by atoms with E-state index in [1.807, 2.05) is 6.07 Å². The fourth-order valence-corrected chi connectivity index (χ4v) is 1.19. The third-order valence-electron chi connectivity index (χ3n) is 2.45. The lowest BCUT2D eigenvalue weighted by molar-refractivity contribution is 0.284. The van der Waals surface area contributed by atoms with Gasteiger partial charge in [-0.05, 0) is 33.0 Å².